The molecule has 1 atom stereocenters. The Labute approximate surface area is 157 Å². The molecule has 2 aromatic carbocycles. The van der Waals surface area contributed by atoms with Crippen LogP contribution >= 0.6 is 0 Å². The van der Waals surface area contributed by atoms with Gasteiger partial charge in [-0.15, -0.1) is 0 Å². The molecule has 27 heavy (non-hydrogen) atoms. The predicted molar refractivity (Wildman–Crippen MR) is 99.9 cm³/mol. The first kappa shape index (κ1) is 17.3. The number of carbonyl (C=O) groups is 1. The van der Waals surface area contributed by atoms with Crippen molar-refractivity contribution in [1.29, 1.82) is 0 Å². The molecule has 6 heteroatoms. The molecule has 1 unspecified atom stereocenters. The van der Waals surface area contributed by atoms with Crippen molar-refractivity contribution in [3.63, 3.8) is 0 Å². The highest BCUT2D eigenvalue weighted by atomic mass is 19.1. The van der Waals surface area contributed by atoms with Crippen molar-refractivity contribution in [1.82, 2.24) is 14.5 Å². The molecule has 4 rings (SSSR count). The van der Waals surface area contributed by atoms with E-state index < -0.39 is 0 Å². The summed E-state index contributed by atoms with van der Waals surface area (Å²) in [5.74, 6) is 0.727. The van der Waals surface area contributed by atoms with Crippen molar-refractivity contribution in [2.24, 2.45) is 7.05 Å². The maximum absolute atomic E-state index is 13.6. The van der Waals surface area contributed by atoms with Crippen molar-refractivity contribution < 1.29 is 13.9 Å². The lowest BCUT2D eigenvalue weighted by molar-refractivity contribution is 0.0629. The minimum atomic E-state index is -0.279. The number of nitrogens with zero attached hydrogens (tertiary/aromatic N) is 3. The Hall–Kier alpha value is -3.15. The zero-order chi connectivity index (χ0) is 19.0. The minimum Gasteiger partial charge on any atom is -0.491 e. The largest absolute Gasteiger partial charge is 0.491 e. The van der Waals surface area contributed by atoms with Gasteiger partial charge in [0.25, 0.3) is 5.91 Å². The maximum Gasteiger partial charge on any atom is 0.290 e. The summed E-state index contributed by atoms with van der Waals surface area (Å²) in [4.78, 5) is 18.9. The summed E-state index contributed by atoms with van der Waals surface area (Å²) in [5.41, 5.74) is 2.57. The first-order valence-corrected chi connectivity index (χ1v) is 8.83. The molecule has 1 aromatic heterocycles. The first-order valence-electron chi connectivity index (χ1n) is 8.83. The van der Waals surface area contributed by atoms with E-state index in [1.54, 1.807) is 35.0 Å². The standard InChI is InChI=1S/C21H20FN3O2/c1-14-13-27-19-7-6-16(15-4-3-5-18(22)11-15)10-17(19)12-25(14)21(26)20-23-8-9-24(20)2/h3-11,14H,12-13H2,1-2H3. The molecule has 0 spiro atoms. The van der Waals surface area contributed by atoms with Gasteiger partial charge in [-0.3, -0.25) is 4.79 Å². The predicted octanol–water partition coefficient (Wildman–Crippen LogP) is 3.65. The zero-order valence-electron chi connectivity index (χ0n) is 15.2. The minimum absolute atomic E-state index is 0.0979. The van der Waals surface area contributed by atoms with Gasteiger partial charge in [0.05, 0.1) is 12.6 Å². The van der Waals surface area contributed by atoms with Crippen LogP contribution in [0.15, 0.2) is 54.9 Å². The van der Waals surface area contributed by atoms with Gasteiger partial charge in [-0.25, -0.2) is 9.37 Å². The number of rotatable bonds is 2. The highest BCUT2D eigenvalue weighted by Gasteiger charge is 2.28. The van der Waals surface area contributed by atoms with E-state index in [4.69, 9.17) is 4.74 Å². The van der Waals surface area contributed by atoms with Gasteiger partial charge in [-0.05, 0) is 42.3 Å². The van der Waals surface area contributed by atoms with Crippen LogP contribution < -0.4 is 4.74 Å². The van der Waals surface area contributed by atoms with Gasteiger partial charge >= 0.3 is 0 Å². The lowest BCUT2D eigenvalue weighted by Crippen LogP contribution is -2.40. The Bertz CT molecular complexity index is 999. The van der Waals surface area contributed by atoms with E-state index in [9.17, 15) is 9.18 Å². The van der Waals surface area contributed by atoms with Crippen LogP contribution in [-0.4, -0.2) is 33.0 Å². The monoisotopic (exact) mass is 365 g/mol. The summed E-state index contributed by atoms with van der Waals surface area (Å²) in [7, 11) is 1.80. The van der Waals surface area contributed by atoms with Crippen LogP contribution in [0.3, 0.4) is 0 Å². The van der Waals surface area contributed by atoms with Crippen LogP contribution in [0, 0.1) is 5.82 Å². The van der Waals surface area contributed by atoms with Crippen LogP contribution in [-0.2, 0) is 13.6 Å². The maximum atomic E-state index is 13.6. The van der Waals surface area contributed by atoms with E-state index in [0.29, 0.717) is 19.0 Å². The highest BCUT2D eigenvalue weighted by Crippen LogP contribution is 2.31. The number of halogens is 1. The Kier molecular flexibility index (Phi) is 4.39. The number of ether oxygens (including phenoxy) is 1. The van der Waals surface area contributed by atoms with Crippen molar-refractivity contribution in [2.75, 3.05) is 6.61 Å². The number of aromatic nitrogens is 2. The van der Waals surface area contributed by atoms with E-state index in [1.165, 1.54) is 12.1 Å². The molecule has 2 heterocycles. The Balaban J connectivity index is 1.69. The number of carbonyl (C=O) groups excluding carboxylic acids is 1. The van der Waals surface area contributed by atoms with E-state index in [2.05, 4.69) is 4.98 Å². The van der Waals surface area contributed by atoms with Gasteiger partial charge < -0.3 is 14.2 Å². The molecule has 1 aliphatic heterocycles. The second kappa shape index (κ2) is 6.87. The smallest absolute Gasteiger partial charge is 0.290 e. The number of imidazole rings is 1. The van der Waals surface area contributed by atoms with Gasteiger partial charge in [0.2, 0.25) is 0 Å². The third kappa shape index (κ3) is 3.30. The number of hydrogen-bond donors (Lipinski definition) is 0. The summed E-state index contributed by atoms with van der Waals surface area (Å²) in [5, 5.41) is 0. The molecule has 0 N–H and O–H groups in total. The summed E-state index contributed by atoms with van der Waals surface area (Å²) in [6.07, 6.45) is 3.37. The Morgan fingerprint density at radius 3 is 2.78 bits per heavy atom. The van der Waals surface area contributed by atoms with Crippen molar-refractivity contribution in [3.05, 3.63) is 72.1 Å². The average molecular weight is 365 g/mol. The topological polar surface area (TPSA) is 47.4 Å². The Morgan fingerprint density at radius 1 is 1.22 bits per heavy atom. The van der Waals surface area contributed by atoms with Gasteiger partial charge in [-0.2, -0.15) is 0 Å². The second-order valence-electron chi connectivity index (χ2n) is 6.79. The van der Waals surface area contributed by atoms with Gasteiger partial charge in [0.15, 0.2) is 5.82 Å². The van der Waals surface area contributed by atoms with E-state index in [1.807, 2.05) is 31.2 Å². The fourth-order valence-electron chi connectivity index (χ4n) is 3.30. The van der Waals surface area contributed by atoms with Crippen LogP contribution in [0.4, 0.5) is 4.39 Å². The highest BCUT2D eigenvalue weighted by molar-refractivity contribution is 5.91. The summed E-state index contributed by atoms with van der Waals surface area (Å²) in [6.45, 7) is 2.77. The lowest BCUT2D eigenvalue weighted by Gasteiger charge is -2.26. The van der Waals surface area contributed by atoms with Crippen molar-refractivity contribution >= 4 is 5.91 Å². The number of benzene rings is 2. The summed E-state index contributed by atoms with van der Waals surface area (Å²) < 4.78 is 21.2. The third-order valence-electron chi connectivity index (χ3n) is 4.84. The molecule has 0 fully saturated rings. The fraction of sp³-hybridized carbons (Fsp3) is 0.238. The lowest BCUT2D eigenvalue weighted by atomic mass is 10.0. The van der Waals surface area contributed by atoms with Crippen LogP contribution in [0.2, 0.25) is 0 Å². The van der Waals surface area contributed by atoms with Gasteiger partial charge in [0.1, 0.15) is 18.2 Å². The average Bonchev–Trinajstić information content (AvgIpc) is 3.02. The van der Waals surface area contributed by atoms with Crippen molar-refractivity contribution in [2.45, 2.75) is 19.5 Å². The first-order chi connectivity index (χ1) is 13.0. The molecular weight excluding hydrogens is 345 g/mol. The molecule has 1 amide bonds. The quantitative estimate of drug-likeness (QED) is 0.696. The summed E-state index contributed by atoms with van der Waals surface area (Å²) >= 11 is 0. The van der Waals surface area contributed by atoms with E-state index in [-0.39, 0.29) is 17.8 Å². The van der Waals surface area contributed by atoms with Crippen LogP contribution in [0.25, 0.3) is 11.1 Å². The van der Waals surface area contributed by atoms with Crippen LogP contribution in [0.1, 0.15) is 23.1 Å². The third-order valence-corrected chi connectivity index (χ3v) is 4.84. The molecule has 0 radical (unpaired) electrons. The zero-order valence-corrected chi connectivity index (χ0v) is 15.2. The molecular formula is C21H20FN3O2. The van der Waals surface area contributed by atoms with E-state index >= 15 is 0 Å². The SMILES string of the molecule is CC1COc2ccc(-c3cccc(F)c3)cc2CN1C(=O)c1nccn1C. The normalized spacial score (nSPS) is 16.4. The Morgan fingerprint density at radius 2 is 2.04 bits per heavy atom. The van der Waals surface area contributed by atoms with Gasteiger partial charge in [-0.1, -0.05) is 18.2 Å². The molecule has 0 saturated heterocycles. The van der Waals surface area contributed by atoms with E-state index in [0.717, 1.165) is 22.4 Å². The number of aryl methyl sites for hydroxylation is 1. The van der Waals surface area contributed by atoms with Crippen LogP contribution in [0.5, 0.6) is 5.75 Å². The molecule has 0 saturated carbocycles. The number of hydrogen-bond acceptors (Lipinski definition) is 3. The second-order valence-corrected chi connectivity index (χ2v) is 6.79. The fourth-order valence-corrected chi connectivity index (χ4v) is 3.30. The molecule has 0 bridgehead atoms. The molecule has 138 valence electrons. The molecule has 1 aliphatic rings. The summed E-state index contributed by atoms with van der Waals surface area (Å²) in [6, 6.07) is 12.1. The molecule has 0 aliphatic carbocycles. The van der Waals surface area contributed by atoms with Crippen molar-refractivity contribution in [3.8, 4) is 16.9 Å². The molecule has 3 aromatic rings. The number of amides is 1. The molecule has 5 nitrogen and oxygen atoms in total. The van der Waals surface area contributed by atoms with Gasteiger partial charge in [0, 0.05) is 25.0 Å². The number of fused-ring (bicyclic) bond motifs is 1.